The first-order valence-corrected chi connectivity index (χ1v) is 8.79. The molecule has 3 aromatic rings. The van der Waals surface area contributed by atoms with Gasteiger partial charge in [0.25, 0.3) is 5.56 Å². The van der Waals surface area contributed by atoms with Crippen LogP contribution in [-0.4, -0.2) is 22.3 Å². The first-order chi connectivity index (χ1) is 12.1. The summed E-state index contributed by atoms with van der Waals surface area (Å²) < 4.78 is 1.01. The maximum Gasteiger partial charge on any atom is 0.255 e. The quantitative estimate of drug-likeness (QED) is 0.713. The molecule has 1 fully saturated rings. The second-order valence-corrected chi connectivity index (χ2v) is 7.06. The van der Waals surface area contributed by atoms with Gasteiger partial charge >= 0.3 is 0 Å². The van der Waals surface area contributed by atoms with Gasteiger partial charge in [-0.05, 0) is 35.2 Å². The van der Waals surface area contributed by atoms with Crippen LogP contribution in [0, 0.1) is 0 Å². The zero-order valence-corrected chi connectivity index (χ0v) is 14.9. The van der Waals surface area contributed by atoms with E-state index in [4.69, 9.17) is 0 Å². The van der Waals surface area contributed by atoms with Gasteiger partial charge in [-0.15, -0.1) is 0 Å². The van der Waals surface area contributed by atoms with Crippen molar-refractivity contribution in [3.8, 4) is 0 Å². The fraction of sp³-hybridized carbons (Fsp3) is 0.158. The van der Waals surface area contributed by atoms with E-state index in [0.29, 0.717) is 12.1 Å². The molecular formula is C19H16BrN3O2. The highest BCUT2D eigenvalue weighted by Crippen LogP contribution is 2.24. The standard InChI is InChI=1S/C19H16BrN3O2/c20-14-7-5-12(6-8-14)10-23-11-17(24)22-18(23)15-9-13-3-1-2-4-16(13)21-19(15)25/h1-9,18H,10-11H2,(H,21,25)(H,22,24). The summed E-state index contributed by atoms with van der Waals surface area (Å²) in [6.07, 6.45) is -0.426. The van der Waals surface area contributed by atoms with Gasteiger partial charge < -0.3 is 10.3 Å². The van der Waals surface area contributed by atoms with E-state index in [2.05, 4.69) is 26.2 Å². The third-order valence-electron chi connectivity index (χ3n) is 4.39. The molecule has 1 unspecified atom stereocenters. The van der Waals surface area contributed by atoms with Crippen LogP contribution in [0.2, 0.25) is 0 Å². The average Bonchev–Trinajstić information content (AvgIpc) is 2.96. The maximum absolute atomic E-state index is 12.5. The SMILES string of the molecule is O=C1CN(Cc2ccc(Br)cc2)C(c2cc3ccccc3[nH]c2=O)N1. The Morgan fingerprint density at radius 3 is 2.64 bits per heavy atom. The molecule has 25 heavy (non-hydrogen) atoms. The smallest absolute Gasteiger partial charge is 0.255 e. The number of amides is 1. The summed E-state index contributed by atoms with van der Waals surface area (Å²) in [5.41, 5.74) is 2.26. The predicted molar refractivity (Wildman–Crippen MR) is 100 cm³/mol. The van der Waals surface area contributed by atoms with Gasteiger partial charge in [-0.3, -0.25) is 14.5 Å². The fourth-order valence-electron chi connectivity index (χ4n) is 3.18. The molecule has 5 nitrogen and oxygen atoms in total. The van der Waals surface area contributed by atoms with Crippen molar-refractivity contribution in [3.05, 3.63) is 80.6 Å². The van der Waals surface area contributed by atoms with Crippen molar-refractivity contribution in [2.75, 3.05) is 6.54 Å². The van der Waals surface area contributed by atoms with Crippen molar-refractivity contribution >= 4 is 32.7 Å². The number of hydrogen-bond donors (Lipinski definition) is 2. The topological polar surface area (TPSA) is 65.2 Å². The van der Waals surface area contributed by atoms with Crippen molar-refractivity contribution in [1.82, 2.24) is 15.2 Å². The lowest BCUT2D eigenvalue weighted by Crippen LogP contribution is -2.32. The number of halogens is 1. The Morgan fingerprint density at radius 2 is 1.84 bits per heavy atom. The molecule has 0 saturated carbocycles. The van der Waals surface area contributed by atoms with Crippen molar-refractivity contribution < 1.29 is 4.79 Å². The molecule has 1 atom stereocenters. The monoisotopic (exact) mass is 397 g/mol. The summed E-state index contributed by atoms with van der Waals surface area (Å²) in [5, 5.41) is 3.86. The van der Waals surface area contributed by atoms with Crippen molar-refractivity contribution in [2.45, 2.75) is 12.7 Å². The van der Waals surface area contributed by atoms with Crippen LogP contribution in [0.5, 0.6) is 0 Å². The number of aromatic nitrogens is 1. The van der Waals surface area contributed by atoms with E-state index in [0.717, 1.165) is 20.9 Å². The Morgan fingerprint density at radius 1 is 1.08 bits per heavy atom. The molecule has 126 valence electrons. The Labute approximate surface area is 152 Å². The lowest BCUT2D eigenvalue weighted by atomic mass is 10.1. The molecule has 2 N–H and O–H groups in total. The van der Waals surface area contributed by atoms with Gasteiger partial charge in [-0.1, -0.05) is 46.3 Å². The molecular weight excluding hydrogens is 382 g/mol. The number of nitrogens with zero attached hydrogens (tertiary/aromatic N) is 1. The van der Waals surface area contributed by atoms with Crippen LogP contribution >= 0.6 is 15.9 Å². The number of nitrogens with one attached hydrogen (secondary N) is 2. The molecule has 0 spiro atoms. The van der Waals surface area contributed by atoms with E-state index in [-0.39, 0.29) is 18.0 Å². The van der Waals surface area contributed by atoms with E-state index in [1.54, 1.807) is 0 Å². The molecule has 1 amide bonds. The highest BCUT2D eigenvalue weighted by Gasteiger charge is 2.32. The number of pyridine rings is 1. The molecule has 0 bridgehead atoms. The van der Waals surface area contributed by atoms with Gasteiger partial charge in [0, 0.05) is 16.5 Å². The molecule has 6 heteroatoms. The number of H-pyrrole nitrogens is 1. The Hall–Kier alpha value is -2.44. The molecule has 1 aliphatic heterocycles. The lowest BCUT2D eigenvalue weighted by Gasteiger charge is -2.23. The number of aromatic amines is 1. The lowest BCUT2D eigenvalue weighted by molar-refractivity contribution is -0.118. The van der Waals surface area contributed by atoms with Gasteiger partial charge in [-0.25, -0.2) is 0 Å². The van der Waals surface area contributed by atoms with E-state index < -0.39 is 6.17 Å². The highest BCUT2D eigenvalue weighted by atomic mass is 79.9. The highest BCUT2D eigenvalue weighted by molar-refractivity contribution is 9.10. The third-order valence-corrected chi connectivity index (χ3v) is 4.91. The van der Waals surface area contributed by atoms with Gasteiger partial charge in [0.05, 0.1) is 12.1 Å². The Bertz CT molecular complexity index is 997. The first kappa shape index (κ1) is 16.1. The number of para-hydroxylation sites is 1. The van der Waals surface area contributed by atoms with Crippen LogP contribution in [0.3, 0.4) is 0 Å². The Balaban J connectivity index is 1.70. The number of carbonyl (C=O) groups excluding carboxylic acids is 1. The van der Waals surface area contributed by atoms with Gasteiger partial charge in [0.15, 0.2) is 0 Å². The van der Waals surface area contributed by atoms with Crippen LogP contribution in [-0.2, 0) is 11.3 Å². The summed E-state index contributed by atoms with van der Waals surface area (Å²) >= 11 is 3.42. The van der Waals surface area contributed by atoms with Gasteiger partial charge in [0.2, 0.25) is 5.91 Å². The summed E-state index contributed by atoms with van der Waals surface area (Å²) in [4.78, 5) is 29.4. The second-order valence-electron chi connectivity index (χ2n) is 6.14. The zero-order chi connectivity index (χ0) is 17.4. The third kappa shape index (κ3) is 3.23. The normalized spacial score (nSPS) is 17.8. The number of fused-ring (bicyclic) bond motifs is 1. The van der Waals surface area contributed by atoms with Crippen LogP contribution in [0.25, 0.3) is 10.9 Å². The average molecular weight is 398 g/mol. The molecule has 0 aliphatic carbocycles. The number of rotatable bonds is 3. The number of benzene rings is 2. The number of carbonyl (C=O) groups is 1. The summed E-state index contributed by atoms with van der Waals surface area (Å²) in [6, 6.07) is 17.4. The van der Waals surface area contributed by atoms with Crippen molar-refractivity contribution in [3.63, 3.8) is 0 Å². The van der Waals surface area contributed by atoms with Crippen LogP contribution in [0.15, 0.2) is 63.9 Å². The first-order valence-electron chi connectivity index (χ1n) is 8.00. The minimum absolute atomic E-state index is 0.0744. The molecule has 2 aromatic carbocycles. The second kappa shape index (κ2) is 6.46. The van der Waals surface area contributed by atoms with Crippen LogP contribution in [0.1, 0.15) is 17.3 Å². The molecule has 1 aliphatic rings. The van der Waals surface area contributed by atoms with Crippen molar-refractivity contribution in [2.24, 2.45) is 0 Å². The summed E-state index contributed by atoms with van der Waals surface area (Å²) in [7, 11) is 0. The zero-order valence-electron chi connectivity index (χ0n) is 13.3. The molecule has 1 saturated heterocycles. The maximum atomic E-state index is 12.5. The molecule has 0 radical (unpaired) electrons. The van der Waals surface area contributed by atoms with E-state index in [1.807, 2.05) is 59.5 Å². The van der Waals surface area contributed by atoms with E-state index in [1.165, 1.54) is 0 Å². The van der Waals surface area contributed by atoms with Crippen molar-refractivity contribution in [1.29, 1.82) is 0 Å². The van der Waals surface area contributed by atoms with Gasteiger partial charge in [-0.2, -0.15) is 0 Å². The predicted octanol–water partition coefficient (Wildman–Crippen LogP) is 2.92. The summed E-state index contributed by atoms with van der Waals surface area (Å²) in [6.45, 7) is 0.857. The summed E-state index contributed by atoms with van der Waals surface area (Å²) in [5.74, 6) is -0.0744. The fourth-order valence-corrected chi connectivity index (χ4v) is 3.44. The van der Waals surface area contributed by atoms with E-state index >= 15 is 0 Å². The Kier molecular flexibility index (Phi) is 4.15. The molecule has 4 rings (SSSR count). The largest absolute Gasteiger partial charge is 0.335 e. The van der Waals surface area contributed by atoms with Crippen LogP contribution < -0.4 is 10.9 Å². The van der Waals surface area contributed by atoms with Crippen LogP contribution in [0.4, 0.5) is 0 Å². The van der Waals surface area contributed by atoms with Gasteiger partial charge in [0.1, 0.15) is 6.17 Å². The van der Waals surface area contributed by atoms with E-state index in [9.17, 15) is 9.59 Å². The minimum Gasteiger partial charge on any atom is -0.335 e. The molecule has 2 heterocycles. The number of hydrogen-bond acceptors (Lipinski definition) is 3. The minimum atomic E-state index is -0.426. The molecule has 1 aromatic heterocycles.